The Morgan fingerprint density at radius 3 is 2.42 bits per heavy atom. The maximum Gasteiger partial charge on any atom is 0.216 e. The van der Waals surface area contributed by atoms with E-state index in [1.54, 1.807) is 12.3 Å². The molecule has 4 aliphatic rings. The van der Waals surface area contributed by atoms with E-state index >= 15 is 0 Å². The molecule has 6 rings (SSSR count). The third-order valence-electron chi connectivity index (χ3n) is 6.44. The fourth-order valence-corrected chi connectivity index (χ4v) is 6.49. The average Bonchev–Trinajstić information content (AvgIpc) is 2.94. The summed E-state index contributed by atoms with van der Waals surface area (Å²) >= 11 is 17.7. The number of hydrogen-bond donors (Lipinski definition) is 1. The van der Waals surface area contributed by atoms with Crippen molar-refractivity contribution in [2.75, 3.05) is 0 Å². The van der Waals surface area contributed by atoms with Crippen molar-refractivity contribution in [2.45, 2.75) is 43.9 Å². The Kier molecular flexibility index (Phi) is 4.03. The lowest BCUT2D eigenvalue weighted by Crippen LogP contribution is -2.49. The fourth-order valence-electron chi connectivity index (χ4n) is 5.85. The van der Waals surface area contributed by atoms with Crippen molar-refractivity contribution in [3.63, 3.8) is 0 Å². The summed E-state index contributed by atoms with van der Waals surface area (Å²) in [5.74, 6) is 3.53. The highest BCUT2D eigenvalue weighted by molar-refractivity contribution is 7.71. The van der Waals surface area contributed by atoms with E-state index in [2.05, 4.69) is 15.3 Å². The molecule has 26 heavy (non-hydrogen) atoms. The van der Waals surface area contributed by atoms with E-state index in [4.69, 9.17) is 35.4 Å². The second-order valence-electron chi connectivity index (χ2n) is 8.27. The van der Waals surface area contributed by atoms with Gasteiger partial charge in [-0.25, -0.2) is 0 Å². The molecule has 0 radical (unpaired) electrons. The average molecular weight is 407 g/mol. The second kappa shape index (κ2) is 6.18. The minimum atomic E-state index is 0.128. The molecule has 1 heterocycles. The first-order valence-electron chi connectivity index (χ1n) is 9.20. The van der Waals surface area contributed by atoms with Crippen LogP contribution in [0, 0.1) is 22.5 Å². The van der Waals surface area contributed by atoms with Gasteiger partial charge >= 0.3 is 0 Å². The molecule has 0 spiro atoms. The second-order valence-corrected chi connectivity index (χ2v) is 9.50. The van der Waals surface area contributed by atoms with Crippen molar-refractivity contribution in [1.82, 2.24) is 14.9 Å². The summed E-state index contributed by atoms with van der Waals surface area (Å²) in [6, 6.07) is 5.39. The van der Waals surface area contributed by atoms with E-state index in [0.717, 1.165) is 29.1 Å². The van der Waals surface area contributed by atoms with Crippen molar-refractivity contribution in [2.24, 2.45) is 22.9 Å². The number of H-pyrrole nitrogens is 1. The van der Waals surface area contributed by atoms with Crippen LogP contribution >= 0.6 is 35.4 Å². The van der Waals surface area contributed by atoms with Gasteiger partial charge in [-0.2, -0.15) is 14.9 Å². The van der Waals surface area contributed by atoms with Crippen LogP contribution in [0.1, 0.15) is 49.9 Å². The predicted molar refractivity (Wildman–Crippen MR) is 107 cm³/mol. The molecule has 4 nitrogen and oxygen atoms in total. The molecule has 0 saturated heterocycles. The molecule has 7 heteroatoms. The SMILES string of the molecule is S=c1[nH]nc(C23CC4CC(CC(C4)C2)C3)n1/N=C/c1ccc(Cl)cc1Cl. The van der Waals surface area contributed by atoms with E-state index in [-0.39, 0.29) is 5.41 Å². The summed E-state index contributed by atoms with van der Waals surface area (Å²) in [4.78, 5) is 0. The molecular weight excluding hydrogens is 387 g/mol. The van der Waals surface area contributed by atoms with Crippen LogP contribution in [-0.2, 0) is 5.41 Å². The Balaban J connectivity index is 1.53. The molecule has 1 aromatic heterocycles. The highest BCUT2D eigenvalue weighted by Gasteiger charge is 2.53. The van der Waals surface area contributed by atoms with Gasteiger partial charge in [0, 0.05) is 16.0 Å². The van der Waals surface area contributed by atoms with Crippen molar-refractivity contribution in [1.29, 1.82) is 0 Å². The predicted octanol–water partition coefficient (Wildman–Crippen LogP) is 5.60. The molecule has 0 aliphatic heterocycles. The molecule has 0 atom stereocenters. The van der Waals surface area contributed by atoms with Crippen molar-refractivity contribution in [3.8, 4) is 0 Å². The van der Waals surface area contributed by atoms with Gasteiger partial charge in [-0.05, 0) is 80.6 Å². The van der Waals surface area contributed by atoms with Crippen molar-refractivity contribution >= 4 is 41.6 Å². The topological polar surface area (TPSA) is 46.0 Å². The molecule has 4 fully saturated rings. The molecular formula is C19H20Cl2N4S. The third kappa shape index (κ3) is 2.76. The molecule has 136 valence electrons. The highest BCUT2D eigenvalue weighted by Crippen LogP contribution is 2.60. The van der Waals surface area contributed by atoms with E-state index in [9.17, 15) is 0 Å². The maximum atomic E-state index is 6.27. The minimum Gasteiger partial charge on any atom is -0.250 e. The third-order valence-corrected chi connectivity index (χ3v) is 7.26. The molecule has 0 unspecified atom stereocenters. The molecule has 2 aromatic rings. The van der Waals surface area contributed by atoms with E-state index < -0.39 is 0 Å². The summed E-state index contributed by atoms with van der Waals surface area (Å²) in [6.07, 6.45) is 9.59. The smallest absolute Gasteiger partial charge is 0.216 e. The number of rotatable bonds is 3. The van der Waals surface area contributed by atoms with Gasteiger partial charge in [0.25, 0.3) is 0 Å². The monoisotopic (exact) mass is 406 g/mol. The van der Waals surface area contributed by atoms with Gasteiger partial charge in [-0.15, -0.1) is 0 Å². The Labute approximate surface area is 167 Å². The number of hydrogen-bond acceptors (Lipinski definition) is 3. The Hall–Kier alpha value is -1.17. The first-order valence-corrected chi connectivity index (χ1v) is 10.4. The van der Waals surface area contributed by atoms with Gasteiger partial charge < -0.3 is 0 Å². The number of nitrogens with zero attached hydrogens (tertiary/aromatic N) is 3. The zero-order valence-electron chi connectivity index (χ0n) is 14.3. The fraction of sp³-hybridized carbons (Fsp3) is 0.526. The standard InChI is InChI=1S/C19H20Cl2N4S/c20-15-2-1-14(16(21)6-15)10-22-25-17(23-24-18(25)26)19-7-11-3-12(8-19)5-13(4-11)9-19/h1-2,6,10-13H,3-5,7-9H2,(H,24,26)/b22-10+. The molecule has 1 aromatic carbocycles. The van der Waals surface area contributed by atoms with Gasteiger partial charge in [0.2, 0.25) is 4.77 Å². The van der Waals surface area contributed by atoms with Gasteiger partial charge in [0.15, 0.2) is 5.82 Å². The summed E-state index contributed by atoms with van der Waals surface area (Å²) in [6.45, 7) is 0. The number of benzene rings is 1. The Morgan fingerprint density at radius 1 is 1.15 bits per heavy atom. The van der Waals surface area contributed by atoms with Crippen molar-refractivity contribution < 1.29 is 0 Å². The molecule has 4 bridgehead atoms. The van der Waals surface area contributed by atoms with Crippen LogP contribution in [0.4, 0.5) is 0 Å². The van der Waals surface area contributed by atoms with Gasteiger partial charge in [-0.1, -0.05) is 29.3 Å². The normalized spacial score (nSPS) is 32.6. The van der Waals surface area contributed by atoms with E-state index in [0.29, 0.717) is 14.8 Å². The van der Waals surface area contributed by atoms with Gasteiger partial charge in [-0.3, -0.25) is 5.10 Å². The summed E-state index contributed by atoms with van der Waals surface area (Å²) in [5.41, 5.74) is 0.944. The summed E-state index contributed by atoms with van der Waals surface area (Å²) in [5, 5.41) is 13.4. The zero-order valence-corrected chi connectivity index (χ0v) is 16.6. The number of halogens is 2. The summed E-state index contributed by atoms with van der Waals surface area (Å²) in [7, 11) is 0. The largest absolute Gasteiger partial charge is 0.250 e. The van der Waals surface area contributed by atoms with Crippen LogP contribution < -0.4 is 0 Å². The molecule has 0 amide bonds. The van der Waals surface area contributed by atoms with Crippen molar-refractivity contribution in [3.05, 3.63) is 44.4 Å². The molecule has 4 aliphatic carbocycles. The maximum absolute atomic E-state index is 6.27. The van der Waals surface area contributed by atoms with Gasteiger partial charge in [0.05, 0.1) is 11.2 Å². The van der Waals surface area contributed by atoms with Crippen LogP contribution in [0.3, 0.4) is 0 Å². The Morgan fingerprint density at radius 2 is 1.81 bits per heavy atom. The number of aromatic amines is 1. The minimum absolute atomic E-state index is 0.128. The number of aromatic nitrogens is 3. The lowest BCUT2D eigenvalue weighted by Gasteiger charge is -2.55. The number of nitrogens with one attached hydrogen (secondary N) is 1. The van der Waals surface area contributed by atoms with Gasteiger partial charge in [0.1, 0.15) is 0 Å². The lowest BCUT2D eigenvalue weighted by atomic mass is 9.49. The summed E-state index contributed by atoms with van der Waals surface area (Å²) < 4.78 is 2.35. The van der Waals surface area contributed by atoms with E-state index in [1.807, 2.05) is 16.8 Å². The van der Waals surface area contributed by atoms with E-state index in [1.165, 1.54) is 38.5 Å². The Bertz CT molecular complexity index is 910. The van der Waals surface area contributed by atoms with Crippen LogP contribution in [0.5, 0.6) is 0 Å². The molecule has 1 N–H and O–H groups in total. The first kappa shape index (κ1) is 17.0. The van der Waals surface area contributed by atoms with Crippen LogP contribution in [-0.4, -0.2) is 21.1 Å². The van der Waals surface area contributed by atoms with Crippen LogP contribution in [0.25, 0.3) is 0 Å². The quantitative estimate of drug-likeness (QED) is 0.532. The lowest BCUT2D eigenvalue weighted by molar-refractivity contribution is -0.0109. The van der Waals surface area contributed by atoms with Crippen LogP contribution in [0.15, 0.2) is 23.3 Å². The highest BCUT2D eigenvalue weighted by atomic mass is 35.5. The zero-order chi connectivity index (χ0) is 17.9. The van der Waals surface area contributed by atoms with Crippen LogP contribution in [0.2, 0.25) is 10.0 Å². The first-order chi connectivity index (χ1) is 12.5. The molecule has 4 saturated carbocycles.